The van der Waals surface area contributed by atoms with E-state index in [2.05, 4.69) is 4.98 Å². The Hall–Kier alpha value is -4.37. The molecule has 3 aromatic carbocycles. The number of benzene rings is 3. The maximum absolute atomic E-state index is 12.6. The number of nitrogens with zero attached hydrogens (tertiary/aromatic N) is 3. The molecular weight excluding hydrogens is 594 g/mol. The smallest absolute Gasteiger partial charge is 0.337 e. The number of halogens is 1. The van der Waals surface area contributed by atoms with Crippen LogP contribution in [0, 0.1) is 6.92 Å². The highest BCUT2D eigenvalue weighted by Crippen LogP contribution is 2.44. The fourth-order valence-electron chi connectivity index (χ4n) is 5.43. The second-order valence-corrected chi connectivity index (χ2v) is 13.2. The molecule has 0 unspecified atom stereocenters. The molecule has 9 heteroatoms. The van der Waals surface area contributed by atoms with E-state index in [9.17, 15) is 14.7 Å². The summed E-state index contributed by atoms with van der Waals surface area (Å²) < 4.78 is 8.62. The van der Waals surface area contributed by atoms with Gasteiger partial charge in [0.25, 0.3) is 5.56 Å². The number of carboxylic acid groups (broad SMARTS) is 1. The van der Waals surface area contributed by atoms with Gasteiger partial charge in [-0.05, 0) is 92.7 Å². The van der Waals surface area contributed by atoms with Crippen molar-refractivity contribution < 1.29 is 14.6 Å². The number of carbonyl (C=O) groups is 1. The van der Waals surface area contributed by atoms with Crippen molar-refractivity contribution in [3.63, 3.8) is 0 Å². The summed E-state index contributed by atoms with van der Waals surface area (Å²) in [5, 5.41) is 12.6. The normalized spacial score (nSPS) is 12.6. The predicted octanol–water partition coefficient (Wildman–Crippen LogP) is 8.45. The molecule has 3 heterocycles. The number of aliphatic carboxylic acids is 1. The van der Waals surface area contributed by atoms with E-state index in [4.69, 9.17) is 21.3 Å². The molecule has 0 spiro atoms. The lowest BCUT2D eigenvalue weighted by atomic mass is 9.91. The summed E-state index contributed by atoms with van der Waals surface area (Å²) in [4.78, 5) is 34.3. The number of aromatic nitrogens is 3. The summed E-state index contributed by atoms with van der Waals surface area (Å²) in [6.45, 7) is 7.44. The van der Waals surface area contributed by atoms with Crippen molar-refractivity contribution in [3.8, 4) is 33.0 Å². The molecule has 3 aromatic heterocycles. The molecule has 7 nitrogen and oxygen atoms in total. The molecule has 222 valence electrons. The number of ether oxygens (including phenoxy) is 1. The highest BCUT2D eigenvalue weighted by atomic mass is 35.5. The molecule has 0 saturated carbocycles. The Labute approximate surface area is 263 Å². The number of hydrogen-bond acceptors (Lipinski definition) is 6. The van der Waals surface area contributed by atoms with Crippen LogP contribution in [-0.2, 0) is 16.6 Å². The van der Waals surface area contributed by atoms with Crippen molar-refractivity contribution in [2.75, 3.05) is 0 Å². The lowest BCUT2D eigenvalue weighted by Gasteiger charge is -2.28. The number of aryl methyl sites for hydroxylation is 2. The fraction of sp³-hybridized carbons (Fsp3) is 0.200. The van der Waals surface area contributed by atoms with E-state index < -0.39 is 17.7 Å². The molecule has 6 aromatic rings. The first-order valence-electron chi connectivity index (χ1n) is 14.1. The number of thiazole rings is 1. The lowest BCUT2D eigenvalue weighted by molar-refractivity contribution is -0.160. The van der Waals surface area contributed by atoms with Crippen molar-refractivity contribution in [1.29, 1.82) is 0 Å². The highest BCUT2D eigenvalue weighted by molar-refractivity contribution is 7.22. The number of pyridine rings is 2. The van der Waals surface area contributed by atoms with Crippen LogP contribution >= 0.6 is 22.9 Å². The molecule has 0 saturated heterocycles. The third-order valence-electron chi connectivity index (χ3n) is 7.45. The molecule has 0 aliphatic rings. The molecule has 1 atom stereocenters. The topological polar surface area (TPSA) is 94.3 Å². The van der Waals surface area contributed by atoms with E-state index in [1.165, 1.54) is 11.3 Å². The van der Waals surface area contributed by atoms with Gasteiger partial charge in [-0.15, -0.1) is 11.3 Å². The number of rotatable bonds is 6. The van der Waals surface area contributed by atoms with Gasteiger partial charge in [0, 0.05) is 46.6 Å². The summed E-state index contributed by atoms with van der Waals surface area (Å²) in [5.41, 5.74) is 6.42. The summed E-state index contributed by atoms with van der Waals surface area (Å²) in [5.74, 6) is -1.06. The Balaban J connectivity index is 1.52. The third kappa shape index (κ3) is 5.64. The zero-order chi connectivity index (χ0) is 31.3. The van der Waals surface area contributed by atoms with Gasteiger partial charge in [0.2, 0.25) is 0 Å². The quantitative estimate of drug-likeness (QED) is 0.200. The Kier molecular flexibility index (Phi) is 7.61. The van der Waals surface area contributed by atoms with Crippen LogP contribution in [0.15, 0.2) is 83.8 Å². The molecule has 0 aliphatic carbocycles. The number of carboxylic acids is 1. The molecule has 44 heavy (non-hydrogen) atoms. The zero-order valence-electron chi connectivity index (χ0n) is 24.9. The first-order valence-corrected chi connectivity index (χ1v) is 15.3. The van der Waals surface area contributed by atoms with E-state index in [-0.39, 0.29) is 5.56 Å². The van der Waals surface area contributed by atoms with Gasteiger partial charge in [0.05, 0.1) is 27.0 Å². The van der Waals surface area contributed by atoms with E-state index in [1.807, 2.05) is 82.3 Å². The van der Waals surface area contributed by atoms with E-state index in [0.717, 1.165) is 59.6 Å². The fourth-order valence-corrected chi connectivity index (χ4v) is 6.68. The van der Waals surface area contributed by atoms with Gasteiger partial charge >= 0.3 is 5.97 Å². The molecule has 0 bridgehead atoms. The summed E-state index contributed by atoms with van der Waals surface area (Å²) in [7, 11) is 1.76. The van der Waals surface area contributed by atoms with Gasteiger partial charge in [-0.1, -0.05) is 29.8 Å². The van der Waals surface area contributed by atoms with Crippen molar-refractivity contribution >= 4 is 50.0 Å². The van der Waals surface area contributed by atoms with Crippen molar-refractivity contribution in [3.05, 3.63) is 105 Å². The molecule has 0 aliphatic heterocycles. The SMILES string of the molecule is Cc1cc2nc(-c3ccnc(-c4ccc5c(ccc(=O)n5C)c4)c3)sc2c(-c2ccc(Cl)cc2)c1[C@H](OC(C)(C)C)C(=O)O. The van der Waals surface area contributed by atoms with E-state index in [0.29, 0.717) is 10.6 Å². The molecule has 0 radical (unpaired) electrons. The Morgan fingerprint density at radius 3 is 2.41 bits per heavy atom. The van der Waals surface area contributed by atoms with Crippen molar-refractivity contribution in [2.45, 2.75) is 39.4 Å². The second kappa shape index (κ2) is 11.3. The monoisotopic (exact) mass is 623 g/mol. The zero-order valence-corrected chi connectivity index (χ0v) is 26.5. The van der Waals surface area contributed by atoms with Crippen LogP contribution in [0.2, 0.25) is 5.02 Å². The Bertz CT molecular complexity index is 2130. The molecule has 1 N–H and O–H groups in total. The maximum atomic E-state index is 12.6. The van der Waals surface area contributed by atoms with Gasteiger partial charge in [0.15, 0.2) is 6.10 Å². The van der Waals surface area contributed by atoms with Gasteiger partial charge in [-0.3, -0.25) is 9.78 Å². The van der Waals surface area contributed by atoms with Gasteiger partial charge in [0.1, 0.15) is 5.01 Å². The predicted molar refractivity (Wildman–Crippen MR) is 177 cm³/mol. The van der Waals surface area contributed by atoms with Crippen LogP contribution in [0.25, 0.3) is 54.1 Å². The van der Waals surface area contributed by atoms with E-state index in [1.54, 1.807) is 36.0 Å². The van der Waals surface area contributed by atoms with Crippen LogP contribution in [0.5, 0.6) is 0 Å². The number of hydrogen-bond donors (Lipinski definition) is 1. The van der Waals surface area contributed by atoms with Crippen LogP contribution in [0.4, 0.5) is 0 Å². The van der Waals surface area contributed by atoms with Gasteiger partial charge in [-0.2, -0.15) is 0 Å². The minimum atomic E-state index is -1.18. The first kappa shape index (κ1) is 29.7. The van der Waals surface area contributed by atoms with E-state index >= 15 is 0 Å². The van der Waals surface area contributed by atoms with Crippen LogP contribution in [0.3, 0.4) is 0 Å². The van der Waals surface area contributed by atoms with Crippen LogP contribution in [0.1, 0.15) is 38.0 Å². The van der Waals surface area contributed by atoms with Crippen LogP contribution in [-0.4, -0.2) is 31.2 Å². The average molecular weight is 624 g/mol. The third-order valence-corrected chi connectivity index (χ3v) is 8.84. The maximum Gasteiger partial charge on any atom is 0.337 e. The van der Waals surface area contributed by atoms with Gasteiger partial charge < -0.3 is 14.4 Å². The summed E-state index contributed by atoms with van der Waals surface area (Å²) >= 11 is 7.73. The molecule has 0 fully saturated rings. The molecule has 0 amide bonds. The summed E-state index contributed by atoms with van der Waals surface area (Å²) in [6, 6.07) is 22.5. The van der Waals surface area contributed by atoms with Crippen molar-refractivity contribution in [2.24, 2.45) is 7.05 Å². The Morgan fingerprint density at radius 1 is 0.977 bits per heavy atom. The largest absolute Gasteiger partial charge is 0.479 e. The van der Waals surface area contributed by atoms with Crippen LogP contribution < -0.4 is 5.56 Å². The molecular formula is C35H30ClN3O4S. The minimum absolute atomic E-state index is 0.0581. The average Bonchev–Trinajstić information content (AvgIpc) is 3.41. The second-order valence-electron chi connectivity index (χ2n) is 11.7. The van der Waals surface area contributed by atoms with Crippen molar-refractivity contribution in [1.82, 2.24) is 14.5 Å². The summed E-state index contributed by atoms with van der Waals surface area (Å²) in [6.07, 6.45) is 0.575. The number of fused-ring (bicyclic) bond motifs is 2. The minimum Gasteiger partial charge on any atom is -0.479 e. The highest BCUT2D eigenvalue weighted by Gasteiger charge is 2.32. The standard InChI is InChI=1S/C35H30ClN3O4S/c1-19-16-26-32(30(20-6-10-24(36)11-7-20)29(19)31(34(41)42)43-35(2,3)4)44-33(38-26)23-14-15-37-25(18-23)21-8-12-27-22(17-21)9-13-28(40)39(27)5/h6-18,31H,1-5H3,(H,41,42)/t31-/m0/s1. The van der Waals surface area contributed by atoms with Gasteiger partial charge in [-0.25, -0.2) is 9.78 Å². The first-order chi connectivity index (χ1) is 20.9. The lowest BCUT2D eigenvalue weighted by Crippen LogP contribution is -2.28. The Morgan fingerprint density at radius 2 is 1.70 bits per heavy atom. The molecule has 6 rings (SSSR count).